The summed E-state index contributed by atoms with van der Waals surface area (Å²) in [6.45, 7) is 12.9. The Hall–Kier alpha value is -0.460. The number of unbranched alkanes of at least 4 members (excludes halogenated alkanes) is 2. The third kappa shape index (κ3) is 9.63. The minimum Gasteiger partial charge on any atom is -0.387 e. The third-order valence-corrected chi connectivity index (χ3v) is 2.25. The summed E-state index contributed by atoms with van der Waals surface area (Å²) in [5, 5.41) is 3.35. The van der Waals surface area contributed by atoms with Gasteiger partial charge in [0.05, 0.1) is 0 Å². The second-order valence-electron chi connectivity index (χ2n) is 4.90. The lowest BCUT2D eigenvalue weighted by atomic mass is 10.0. The van der Waals surface area contributed by atoms with Gasteiger partial charge in [-0.2, -0.15) is 0 Å². The average molecular weight is 197 g/mol. The molecule has 84 valence electrons. The molecule has 0 aliphatic rings. The van der Waals surface area contributed by atoms with Gasteiger partial charge in [0.25, 0.3) is 0 Å². The van der Waals surface area contributed by atoms with E-state index in [1.165, 1.54) is 31.4 Å². The van der Waals surface area contributed by atoms with Gasteiger partial charge in [-0.25, -0.2) is 0 Å². The Balaban J connectivity index is 3.23. The van der Waals surface area contributed by atoms with Gasteiger partial charge in [-0.3, -0.25) is 0 Å². The zero-order valence-corrected chi connectivity index (χ0v) is 10.4. The molecule has 0 amide bonds. The Labute approximate surface area is 90.0 Å². The number of hydrogen-bond donors (Lipinski definition) is 1. The maximum absolute atomic E-state index is 4.02. The van der Waals surface area contributed by atoms with E-state index in [0.29, 0.717) is 6.04 Å². The zero-order chi connectivity index (χ0) is 11.0. The molecule has 0 saturated carbocycles. The van der Waals surface area contributed by atoms with Gasteiger partial charge < -0.3 is 5.32 Å². The SMILES string of the molecule is C=C(CCCCCC(C)C)NC(C)C. The van der Waals surface area contributed by atoms with Crippen molar-refractivity contribution in [2.75, 3.05) is 0 Å². The van der Waals surface area contributed by atoms with Crippen LogP contribution in [-0.4, -0.2) is 6.04 Å². The molecule has 0 bridgehead atoms. The molecule has 0 radical (unpaired) electrons. The van der Waals surface area contributed by atoms with Crippen molar-refractivity contribution in [1.82, 2.24) is 5.32 Å². The topological polar surface area (TPSA) is 12.0 Å². The molecule has 0 spiro atoms. The van der Waals surface area contributed by atoms with Crippen LogP contribution >= 0.6 is 0 Å². The van der Waals surface area contributed by atoms with Crippen LogP contribution in [0.1, 0.15) is 59.8 Å². The number of rotatable bonds is 8. The van der Waals surface area contributed by atoms with Gasteiger partial charge in [0.2, 0.25) is 0 Å². The van der Waals surface area contributed by atoms with Crippen molar-refractivity contribution in [3.63, 3.8) is 0 Å². The van der Waals surface area contributed by atoms with Crippen molar-refractivity contribution in [2.24, 2.45) is 5.92 Å². The molecule has 0 aliphatic heterocycles. The fraction of sp³-hybridized carbons (Fsp3) is 0.846. The Morgan fingerprint density at radius 1 is 1.07 bits per heavy atom. The number of allylic oxidation sites excluding steroid dienone is 1. The van der Waals surface area contributed by atoms with Gasteiger partial charge in [-0.05, 0) is 32.6 Å². The fourth-order valence-electron chi connectivity index (χ4n) is 1.55. The predicted molar refractivity (Wildman–Crippen MR) is 65.3 cm³/mol. The van der Waals surface area contributed by atoms with Gasteiger partial charge in [0, 0.05) is 11.7 Å². The molecule has 0 atom stereocenters. The second kappa shape index (κ2) is 7.90. The zero-order valence-electron chi connectivity index (χ0n) is 10.4. The van der Waals surface area contributed by atoms with E-state index in [1.54, 1.807) is 0 Å². The van der Waals surface area contributed by atoms with E-state index < -0.39 is 0 Å². The smallest absolute Gasteiger partial charge is 0.0201 e. The molecule has 1 nitrogen and oxygen atoms in total. The van der Waals surface area contributed by atoms with E-state index in [0.717, 1.165) is 12.3 Å². The number of nitrogens with one attached hydrogen (secondary N) is 1. The van der Waals surface area contributed by atoms with Crippen molar-refractivity contribution in [2.45, 2.75) is 65.8 Å². The molecule has 1 heteroatoms. The molecule has 0 aromatic carbocycles. The highest BCUT2D eigenvalue weighted by molar-refractivity contribution is 4.91. The normalized spacial score (nSPS) is 11.0. The minimum absolute atomic E-state index is 0.526. The Morgan fingerprint density at radius 2 is 1.71 bits per heavy atom. The molecule has 0 saturated heterocycles. The van der Waals surface area contributed by atoms with Crippen molar-refractivity contribution < 1.29 is 0 Å². The standard InChI is InChI=1S/C13H27N/c1-11(2)9-7-6-8-10-13(5)14-12(3)4/h11-12,14H,5-10H2,1-4H3. The van der Waals surface area contributed by atoms with Crippen LogP contribution < -0.4 is 5.32 Å². The quantitative estimate of drug-likeness (QED) is 0.578. The highest BCUT2D eigenvalue weighted by Crippen LogP contribution is 2.11. The fourth-order valence-corrected chi connectivity index (χ4v) is 1.55. The Kier molecular flexibility index (Phi) is 7.64. The van der Waals surface area contributed by atoms with Crippen LogP contribution in [0.5, 0.6) is 0 Å². The molecular formula is C13H27N. The summed E-state index contributed by atoms with van der Waals surface area (Å²) in [7, 11) is 0. The van der Waals surface area contributed by atoms with Crippen molar-refractivity contribution >= 4 is 0 Å². The molecule has 1 N–H and O–H groups in total. The van der Waals surface area contributed by atoms with Crippen LogP contribution in [-0.2, 0) is 0 Å². The van der Waals surface area contributed by atoms with E-state index >= 15 is 0 Å². The molecule has 0 fully saturated rings. The summed E-state index contributed by atoms with van der Waals surface area (Å²) in [6, 6.07) is 0.526. The van der Waals surface area contributed by atoms with Crippen LogP contribution in [0.2, 0.25) is 0 Å². The van der Waals surface area contributed by atoms with Crippen LogP contribution in [0, 0.1) is 5.92 Å². The van der Waals surface area contributed by atoms with E-state index in [-0.39, 0.29) is 0 Å². The van der Waals surface area contributed by atoms with E-state index in [2.05, 4.69) is 39.6 Å². The number of hydrogen-bond acceptors (Lipinski definition) is 1. The summed E-state index contributed by atoms with van der Waals surface area (Å²) >= 11 is 0. The highest BCUT2D eigenvalue weighted by atomic mass is 14.9. The third-order valence-electron chi connectivity index (χ3n) is 2.25. The van der Waals surface area contributed by atoms with Gasteiger partial charge in [0.15, 0.2) is 0 Å². The van der Waals surface area contributed by atoms with E-state index in [4.69, 9.17) is 0 Å². The lowest BCUT2D eigenvalue weighted by molar-refractivity contribution is 0.521. The summed E-state index contributed by atoms with van der Waals surface area (Å²) in [4.78, 5) is 0. The van der Waals surface area contributed by atoms with Crippen molar-refractivity contribution in [3.8, 4) is 0 Å². The molecule has 0 aliphatic carbocycles. The van der Waals surface area contributed by atoms with E-state index in [9.17, 15) is 0 Å². The molecule has 0 aromatic heterocycles. The summed E-state index contributed by atoms with van der Waals surface area (Å²) in [5.74, 6) is 0.854. The average Bonchev–Trinajstić information content (AvgIpc) is 2.01. The molecule has 14 heavy (non-hydrogen) atoms. The first-order chi connectivity index (χ1) is 6.52. The maximum Gasteiger partial charge on any atom is 0.0201 e. The van der Waals surface area contributed by atoms with Crippen LogP contribution in [0.4, 0.5) is 0 Å². The van der Waals surface area contributed by atoms with Gasteiger partial charge >= 0.3 is 0 Å². The lowest BCUT2D eigenvalue weighted by Crippen LogP contribution is -2.21. The first-order valence-electron chi connectivity index (χ1n) is 5.96. The maximum atomic E-state index is 4.02. The molecular weight excluding hydrogens is 170 g/mol. The molecule has 0 heterocycles. The van der Waals surface area contributed by atoms with Crippen molar-refractivity contribution in [1.29, 1.82) is 0 Å². The summed E-state index contributed by atoms with van der Waals surface area (Å²) in [6.07, 6.45) is 6.50. The first-order valence-corrected chi connectivity index (χ1v) is 5.96. The second-order valence-corrected chi connectivity index (χ2v) is 4.90. The minimum atomic E-state index is 0.526. The first kappa shape index (κ1) is 13.5. The van der Waals surface area contributed by atoms with Crippen LogP contribution in [0.15, 0.2) is 12.3 Å². The predicted octanol–water partition coefficient (Wildman–Crippen LogP) is 4.10. The summed E-state index contributed by atoms with van der Waals surface area (Å²) < 4.78 is 0. The lowest BCUT2D eigenvalue weighted by Gasteiger charge is -2.12. The summed E-state index contributed by atoms with van der Waals surface area (Å²) in [5.41, 5.74) is 1.20. The van der Waals surface area contributed by atoms with Crippen LogP contribution in [0.25, 0.3) is 0 Å². The molecule has 0 rings (SSSR count). The van der Waals surface area contributed by atoms with Crippen molar-refractivity contribution in [3.05, 3.63) is 12.3 Å². The van der Waals surface area contributed by atoms with E-state index in [1.807, 2.05) is 0 Å². The Bertz CT molecular complexity index is 147. The molecule has 0 aromatic rings. The highest BCUT2D eigenvalue weighted by Gasteiger charge is 1.97. The van der Waals surface area contributed by atoms with Gasteiger partial charge in [-0.1, -0.05) is 39.7 Å². The molecule has 0 unspecified atom stereocenters. The van der Waals surface area contributed by atoms with Gasteiger partial charge in [-0.15, -0.1) is 0 Å². The Morgan fingerprint density at radius 3 is 2.21 bits per heavy atom. The van der Waals surface area contributed by atoms with Crippen LogP contribution in [0.3, 0.4) is 0 Å². The largest absolute Gasteiger partial charge is 0.387 e. The van der Waals surface area contributed by atoms with Gasteiger partial charge in [0.1, 0.15) is 0 Å². The monoisotopic (exact) mass is 197 g/mol.